The largest absolute Gasteiger partial charge is 0.465 e. The van der Waals surface area contributed by atoms with E-state index in [0.717, 1.165) is 11.6 Å². The number of halogens is 1. The molecule has 21 heavy (non-hydrogen) atoms. The van der Waals surface area contributed by atoms with E-state index in [2.05, 4.69) is 20.7 Å². The monoisotopic (exact) mass is 373 g/mol. The predicted octanol–water partition coefficient (Wildman–Crippen LogP) is 1.47. The Hall–Kier alpha value is -1.67. The zero-order valence-corrected chi connectivity index (χ0v) is 13.5. The third kappa shape index (κ3) is 3.01. The van der Waals surface area contributed by atoms with Crippen molar-refractivity contribution in [2.24, 2.45) is 0 Å². The first kappa shape index (κ1) is 15.7. The summed E-state index contributed by atoms with van der Waals surface area (Å²) in [4.78, 5) is 23.7. The highest BCUT2D eigenvalue weighted by Crippen LogP contribution is 2.23. The van der Waals surface area contributed by atoms with E-state index in [9.17, 15) is 18.0 Å². The fourth-order valence-corrected chi connectivity index (χ4v) is 3.55. The van der Waals surface area contributed by atoms with E-state index in [-0.39, 0.29) is 23.4 Å². The summed E-state index contributed by atoms with van der Waals surface area (Å²) in [6, 6.07) is 5.92. The van der Waals surface area contributed by atoms with Crippen LogP contribution in [0.2, 0.25) is 0 Å². The summed E-state index contributed by atoms with van der Waals surface area (Å²) in [6.45, 7) is -0.00226. The average Bonchev–Trinajstić information content (AvgIpc) is 2.47. The number of methoxy groups -OCH3 is 1. The van der Waals surface area contributed by atoms with Crippen molar-refractivity contribution in [1.82, 2.24) is 4.31 Å². The molecule has 1 amide bonds. The first-order valence-electron chi connectivity index (χ1n) is 5.99. The lowest BCUT2D eigenvalue weighted by molar-refractivity contribution is -0.139. The van der Waals surface area contributed by atoms with Gasteiger partial charge in [-0.15, -0.1) is 0 Å². The van der Waals surface area contributed by atoms with Crippen LogP contribution in [-0.4, -0.2) is 38.3 Å². The molecule has 1 aromatic rings. The molecule has 0 saturated carbocycles. The topological polar surface area (TPSA) is 80.8 Å². The van der Waals surface area contributed by atoms with Gasteiger partial charge in [0.25, 0.3) is 15.9 Å². The number of benzene rings is 1. The Labute approximate surface area is 130 Å². The molecule has 0 fully saturated rings. The molecule has 8 heteroatoms. The van der Waals surface area contributed by atoms with Gasteiger partial charge < -0.3 is 4.74 Å². The molecule has 0 N–H and O–H groups in total. The van der Waals surface area contributed by atoms with E-state index in [1.54, 1.807) is 12.1 Å². The highest BCUT2D eigenvalue weighted by molar-refractivity contribution is 9.10. The van der Waals surface area contributed by atoms with Crippen LogP contribution in [0.5, 0.6) is 0 Å². The molecule has 6 nitrogen and oxygen atoms in total. The van der Waals surface area contributed by atoms with Gasteiger partial charge in [0.1, 0.15) is 5.57 Å². The minimum atomic E-state index is -3.99. The fraction of sp³-hybridized carbons (Fsp3) is 0.231. The summed E-state index contributed by atoms with van der Waals surface area (Å²) < 4.78 is 30.9. The molecular weight excluding hydrogens is 362 g/mol. The number of amides is 1. The second-order valence-corrected chi connectivity index (χ2v) is 7.01. The Kier molecular flexibility index (Phi) is 4.48. The molecule has 0 radical (unpaired) electrons. The zero-order valence-electron chi connectivity index (χ0n) is 11.1. The molecule has 1 aliphatic rings. The van der Waals surface area contributed by atoms with Gasteiger partial charge in [-0.1, -0.05) is 22.0 Å². The molecule has 0 atom stereocenters. The quantitative estimate of drug-likeness (QED) is 0.591. The van der Waals surface area contributed by atoms with Crippen LogP contribution in [0.1, 0.15) is 6.42 Å². The number of esters is 1. The minimum absolute atomic E-state index is 0.00226. The summed E-state index contributed by atoms with van der Waals surface area (Å²) in [5.74, 6) is -1.70. The molecule has 0 spiro atoms. The van der Waals surface area contributed by atoms with E-state index in [1.165, 1.54) is 18.2 Å². The molecule has 0 bridgehead atoms. The van der Waals surface area contributed by atoms with Crippen LogP contribution < -0.4 is 0 Å². The SMILES string of the molecule is COC(=O)C1=CCCN(S(=O)(=O)c2ccc(Br)cc2)C1=O. The van der Waals surface area contributed by atoms with Crippen molar-refractivity contribution in [2.45, 2.75) is 11.3 Å². The van der Waals surface area contributed by atoms with E-state index >= 15 is 0 Å². The molecule has 1 aliphatic heterocycles. The normalized spacial score (nSPS) is 15.6. The number of rotatable bonds is 3. The summed E-state index contributed by atoms with van der Waals surface area (Å²) in [5, 5.41) is 0. The van der Waals surface area contributed by atoms with E-state index < -0.39 is 21.9 Å². The van der Waals surface area contributed by atoms with Crippen LogP contribution in [0.15, 0.2) is 45.3 Å². The number of sulfonamides is 1. The maximum atomic E-state index is 12.5. The van der Waals surface area contributed by atoms with Crippen molar-refractivity contribution in [3.8, 4) is 0 Å². The van der Waals surface area contributed by atoms with Gasteiger partial charge in [0.05, 0.1) is 12.0 Å². The lowest BCUT2D eigenvalue weighted by Gasteiger charge is -2.25. The summed E-state index contributed by atoms with van der Waals surface area (Å²) in [7, 11) is -2.85. The molecule has 0 aromatic heterocycles. The fourth-order valence-electron chi connectivity index (χ4n) is 1.89. The van der Waals surface area contributed by atoms with Gasteiger partial charge in [-0.3, -0.25) is 4.79 Å². The average molecular weight is 374 g/mol. The maximum Gasteiger partial charge on any atom is 0.343 e. The van der Waals surface area contributed by atoms with Gasteiger partial charge >= 0.3 is 5.97 Å². The van der Waals surface area contributed by atoms with E-state index in [1.807, 2.05) is 0 Å². The Balaban J connectivity index is 2.38. The first-order chi connectivity index (χ1) is 9.87. The third-order valence-electron chi connectivity index (χ3n) is 2.94. The Morgan fingerprint density at radius 1 is 1.29 bits per heavy atom. The number of hydrogen-bond acceptors (Lipinski definition) is 5. The standard InChI is InChI=1S/C13H12BrNO5S/c1-20-13(17)11-3-2-8-15(12(11)16)21(18,19)10-6-4-9(14)5-7-10/h3-7H,2,8H2,1H3. The minimum Gasteiger partial charge on any atom is -0.465 e. The molecule has 2 rings (SSSR count). The van der Waals surface area contributed by atoms with E-state index in [4.69, 9.17) is 0 Å². The van der Waals surface area contributed by atoms with Crippen molar-refractivity contribution in [3.63, 3.8) is 0 Å². The van der Waals surface area contributed by atoms with Crippen molar-refractivity contribution >= 4 is 37.8 Å². The van der Waals surface area contributed by atoms with Gasteiger partial charge in [0.2, 0.25) is 0 Å². The number of carbonyl (C=O) groups is 2. The van der Waals surface area contributed by atoms with Gasteiger partial charge in [0.15, 0.2) is 0 Å². The van der Waals surface area contributed by atoms with Crippen LogP contribution in [-0.2, 0) is 24.3 Å². The highest BCUT2D eigenvalue weighted by Gasteiger charge is 2.36. The third-order valence-corrected chi connectivity index (χ3v) is 5.27. The highest BCUT2D eigenvalue weighted by atomic mass is 79.9. The van der Waals surface area contributed by atoms with Gasteiger partial charge in [0, 0.05) is 11.0 Å². The van der Waals surface area contributed by atoms with Crippen LogP contribution in [0.25, 0.3) is 0 Å². The molecule has 1 heterocycles. The van der Waals surface area contributed by atoms with Crippen LogP contribution >= 0.6 is 15.9 Å². The lowest BCUT2D eigenvalue weighted by atomic mass is 10.1. The summed E-state index contributed by atoms with van der Waals surface area (Å²) in [6.07, 6.45) is 1.66. The maximum absolute atomic E-state index is 12.5. The predicted molar refractivity (Wildman–Crippen MR) is 77.8 cm³/mol. The van der Waals surface area contributed by atoms with Gasteiger partial charge in [-0.25, -0.2) is 17.5 Å². The van der Waals surface area contributed by atoms with Gasteiger partial charge in [-0.2, -0.15) is 0 Å². The second kappa shape index (κ2) is 5.98. The Bertz CT molecular complexity index is 709. The summed E-state index contributed by atoms with van der Waals surface area (Å²) >= 11 is 3.21. The molecule has 0 unspecified atom stereocenters. The van der Waals surface area contributed by atoms with Crippen molar-refractivity contribution in [3.05, 3.63) is 40.4 Å². The van der Waals surface area contributed by atoms with Crippen molar-refractivity contribution in [2.75, 3.05) is 13.7 Å². The lowest BCUT2D eigenvalue weighted by Crippen LogP contribution is -2.42. The number of carbonyl (C=O) groups excluding carboxylic acids is 2. The first-order valence-corrected chi connectivity index (χ1v) is 8.22. The van der Waals surface area contributed by atoms with E-state index in [0.29, 0.717) is 4.31 Å². The van der Waals surface area contributed by atoms with Crippen molar-refractivity contribution < 1.29 is 22.7 Å². The Morgan fingerprint density at radius 2 is 1.90 bits per heavy atom. The smallest absolute Gasteiger partial charge is 0.343 e. The van der Waals surface area contributed by atoms with Crippen LogP contribution in [0.4, 0.5) is 0 Å². The Morgan fingerprint density at radius 3 is 2.48 bits per heavy atom. The molecule has 0 saturated heterocycles. The summed E-state index contributed by atoms with van der Waals surface area (Å²) in [5.41, 5.74) is -0.260. The number of ether oxygens (including phenoxy) is 1. The molecule has 0 aliphatic carbocycles. The molecule has 1 aromatic carbocycles. The zero-order chi connectivity index (χ0) is 15.6. The second-order valence-electron chi connectivity index (χ2n) is 4.23. The molecular formula is C13H12BrNO5S. The van der Waals surface area contributed by atoms with Crippen LogP contribution in [0.3, 0.4) is 0 Å². The molecule has 112 valence electrons. The number of hydrogen-bond donors (Lipinski definition) is 0. The van der Waals surface area contributed by atoms with Gasteiger partial charge in [-0.05, 0) is 30.7 Å². The number of nitrogens with zero attached hydrogens (tertiary/aromatic N) is 1. The van der Waals surface area contributed by atoms with Crippen LogP contribution in [0, 0.1) is 0 Å². The van der Waals surface area contributed by atoms with Crippen molar-refractivity contribution in [1.29, 1.82) is 0 Å².